The monoisotopic (exact) mass is 761 g/mol. The summed E-state index contributed by atoms with van der Waals surface area (Å²) in [6, 6.07) is -3.70. The van der Waals surface area contributed by atoms with E-state index >= 15 is 0 Å². The van der Waals surface area contributed by atoms with E-state index in [2.05, 4.69) is 22.5 Å². The molecule has 4 fully saturated rings. The summed E-state index contributed by atoms with van der Waals surface area (Å²) in [6.45, 7) is 14.5. The molecule has 4 amide bonds. The number of nitrogens with zero attached hydrogens (tertiary/aromatic N) is 2. The molecule has 53 heavy (non-hydrogen) atoms. The number of amides is 4. The van der Waals surface area contributed by atoms with Crippen LogP contribution in [0.15, 0.2) is 12.7 Å². The normalized spacial score (nSPS) is 24.2. The van der Waals surface area contributed by atoms with Crippen LogP contribution < -0.4 is 16.0 Å². The summed E-state index contributed by atoms with van der Waals surface area (Å²) < 4.78 is 27.2. The summed E-state index contributed by atoms with van der Waals surface area (Å²) >= 11 is 0. The number of likely N-dealkylation sites (tertiary alicyclic amines) is 1. The van der Waals surface area contributed by atoms with Crippen molar-refractivity contribution in [3.63, 3.8) is 0 Å². The molecule has 2 heterocycles. The van der Waals surface area contributed by atoms with E-state index in [0.29, 0.717) is 38.8 Å². The van der Waals surface area contributed by atoms with Crippen LogP contribution in [-0.4, -0.2) is 96.6 Å². The number of Topliss-reactive ketones (excluding diaryl/α,β-unsaturated/α-hetero) is 2. The Morgan fingerprint density at radius 2 is 1.57 bits per heavy atom. The van der Waals surface area contributed by atoms with Gasteiger partial charge in [-0.1, -0.05) is 72.8 Å². The molecule has 2 saturated heterocycles. The van der Waals surface area contributed by atoms with Gasteiger partial charge in [0.05, 0.1) is 11.8 Å². The maximum Gasteiger partial charge on any atom is 0.315 e. The summed E-state index contributed by atoms with van der Waals surface area (Å²) in [7, 11) is -3.42. The fourth-order valence-corrected chi connectivity index (χ4v) is 9.93. The van der Waals surface area contributed by atoms with Gasteiger partial charge in [0.25, 0.3) is 0 Å². The molecule has 1 unspecified atom stereocenters. The van der Waals surface area contributed by atoms with E-state index in [9.17, 15) is 32.4 Å². The number of hydrogen-bond acceptors (Lipinski definition) is 7. The topological polar surface area (TPSA) is 162 Å². The van der Waals surface area contributed by atoms with Gasteiger partial charge in [-0.25, -0.2) is 13.2 Å². The lowest BCUT2D eigenvalue weighted by Gasteiger charge is -2.38. The first kappa shape index (κ1) is 42.9. The fourth-order valence-electron chi connectivity index (χ4n) is 8.32. The summed E-state index contributed by atoms with van der Waals surface area (Å²) in [6.07, 6.45) is 12.8. The Hall–Kier alpha value is -2.80. The molecule has 0 aromatic rings. The lowest BCUT2D eigenvalue weighted by molar-refractivity contribution is -0.144. The third-order valence-corrected chi connectivity index (χ3v) is 13.9. The van der Waals surface area contributed by atoms with Gasteiger partial charge in [0.1, 0.15) is 12.1 Å². The van der Waals surface area contributed by atoms with Crippen molar-refractivity contribution in [2.45, 2.75) is 155 Å². The third kappa shape index (κ3) is 12.1. The Balaban J connectivity index is 1.53. The highest BCUT2D eigenvalue weighted by Gasteiger charge is 2.47. The molecule has 12 nitrogen and oxygen atoms in total. The first-order chi connectivity index (χ1) is 25.0. The van der Waals surface area contributed by atoms with Gasteiger partial charge in [-0.05, 0) is 86.9 Å². The Kier molecular flexibility index (Phi) is 15.5. The van der Waals surface area contributed by atoms with Crippen LogP contribution in [0.1, 0.15) is 131 Å². The van der Waals surface area contributed by atoms with Gasteiger partial charge in [-0.2, -0.15) is 4.31 Å². The molecule has 0 spiro atoms. The predicted molar refractivity (Wildman–Crippen MR) is 206 cm³/mol. The second-order valence-corrected chi connectivity index (χ2v) is 19.6. The molecule has 4 rings (SSSR count). The molecule has 0 bridgehead atoms. The zero-order valence-electron chi connectivity index (χ0n) is 33.0. The number of carbonyl (C=O) groups excluding carboxylic acids is 5. The van der Waals surface area contributed by atoms with Crippen molar-refractivity contribution in [2.75, 3.05) is 25.4 Å². The smallest absolute Gasteiger partial charge is 0.315 e. The van der Waals surface area contributed by atoms with Gasteiger partial charge in [0.2, 0.25) is 33.4 Å². The average Bonchev–Trinajstić information content (AvgIpc) is 3.81. The summed E-state index contributed by atoms with van der Waals surface area (Å²) in [5.41, 5.74) is -0.474. The summed E-state index contributed by atoms with van der Waals surface area (Å²) in [5, 5.41) is 9.01. The van der Waals surface area contributed by atoms with E-state index in [1.54, 1.807) is 11.0 Å². The van der Waals surface area contributed by atoms with Gasteiger partial charge in [0, 0.05) is 32.1 Å². The zero-order chi connectivity index (χ0) is 38.9. The van der Waals surface area contributed by atoms with Crippen molar-refractivity contribution in [3.8, 4) is 0 Å². The number of nitrogens with one attached hydrogen (secondary N) is 3. The standard InChI is InChI=1S/C40H67N5O7S/c1-7-8-9-13-18-32(46)36(47)31(25-28-19-20-28)41-37(48)35-30(27(2)3)21-23-45(35)38(49)34(29-16-11-10-12-17-29)43-39(50)42-33(40(4,5)6)26-44-22-14-15-24-53(44,51)52/h7,27-31,33-35H,1,8-26H2,2-6H3,(H,41,48)(H2,42,43,50)/t30-,31?,33-,34+,35+/m1/s1. The molecule has 3 N–H and O–H groups in total. The Bertz CT molecular complexity index is 1420. The minimum absolute atomic E-state index is 0.0654. The van der Waals surface area contributed by atoms with Crippen LogP contribution in [0.2, 0.25) is 0 Å². The second-order valence-electron chi connectivity index (χ2n) is 17.5. The second kappa shape index (κ2) is 19.2. The minimum atomic E-state index is -3.42. The van der Waals surface area contributed by atoms with Crippen LogP contribution in [0.25, 0.3) is 0 Å². The molecule has 0 aromatic heterocycles. The number of hydrogen-bond donors (Lipinski definition) is 3. The maximum absolute atomic E-state index is 14.7. The molecular formula is C40H67N5O7S. The highest BCUT2D eigenvalue weighted by atomic mass is 32.2. The molecule has 0 aromatic carbocycles. The van der Waals surface area contributed by atoms with Crippen molar-refractivity contribution >= 4 is 39.4 Å². The highest BCUT2D eigenvalue weighted by Crippen LogP contribution is 2.36. The number of carbonyl (C=O) groups is 5. The Morgan fingerprint density at radius 3 is 2.17 bits per heavy atom. The first-order valence-electron chi connectivity index (χ1n) is 20.4. The SMILES string of the molecule is C=CCCCCC(=O)C(=O)C(CC1CC1)NC(=O)[C@@H]1[C@@H](C(C)C)CCN1C(=O)[C@@H](NC(=O)N[C@H](CN1CCCCS1(=O)=O)C(C)(C)C)C1CCCCC1. The van der Waals surface area contributed by atoms with Gasteiger partial charge < -0.3 is 20.9 Å². The molecule has 2 aliphatic heterocycles. The lowest BCUT2D eigenvalue weighted by Crippen LogP contribution is -2.61. The first-order valence-corrected chi connectivity index (χ1v) is 22.0. The maximum atomic E-state index is 14.7. The van der Waals surface area contributed by atoms with Gasteiger partial charge >= 0.3 is 6.03 Å². The molecule has 300 valence electrons. The minimum Gasteiger partial charge on any atom is -0.344 e. The van der Waals surface area contributed by atoms with Gasteiger partial charge in [-0.3, -0.25) is 19.2 Å². The van der Waals surface area contributed by atoms with Crippen LogP contribution in [-0.2, 0) is 29.2 Å². The number of allylic oxidation sites excluding steroid dienone is 1. The molecule has 13 heteroatoms. The van der Waals surface area contributed by atoms with Crippen LogP contribution in [0.5, 0.6) is 0 Å². The number of rotatable bonds is 18. The van der Waals surface area contributed by atoms with Crippen molar-refractivity contribution in [1.29, 1.82) is 0 Å². The van der Waals surface area contributed by atoms with E-state index in [-0.39, 0.29) is 48.3 Å². The summed E-state index contributed by atoms with van der Waals surface area (Å²) in [5.74, 6) is -1.62. The molecule has 5 atom stereocenters. The van der Waals surface area contributed by atoms with Crippen molar-refractivity contribution in [2.24, 2.45) is 29.1 Å². The lowest BCUT2D eigenvalue weighted by atomic mass is 9.82. The predicted octanol–water partition coefficient (Wildman–Crippen LogP) is 5.12. The van der Waals surface area contributed by atoms with Crippen molar-refractivity contribution in [3.05, 3.63) is 12.7 Å². The molecule has 2 aliphatic carbocycles. The Morgan fingerprint density at radius 1 is 0.868 bits per heavy atom. The molecule has 0 radical (unpaired) electrons. The largest absolute Gasteiger partial charge is 0.344 e. The Labute approximate surface area is 318 Å². The quantitative estimate of drug-likeness (QED) is 0.0993. The van der Waals surface area contributed by atoms with E-state index in [4.69, 9.17) is 0 Å². The van der Waals surface area contributed by atoms with Gasteiger partial charge in [0.15, 0.2) is 0 Å². The van der Waals surface area contributed by atoms with E-state index in [1.807, 2.05) is 34.6 Å². The van der Waals surface area contributed by atoms with E-state index in [0.717, 1.165) is 64.2 Å². The van der Waals surface area contributed by atoms with Crippen molar-refractivity contribution in [1.82, 2.24) is 25.2 Å². The van der Waals surface area contributed by atoms with Crippen molar-refractivity contribution < 1.29 is 32.4 Å². The third-order valence-electron chi connectivity index (χ3n) is 12.0. The van der Waals surface area contributed by atoms with Crippen LogP contribution >= 0.6 is 0 Å². The van der Waals surface area contributed by atoms with E-state index < -0.39 is 63.1 Å². The zero-order valence-corrected chi connectivity index (χ0v) is 33.8. The molecule has 2 saturated carbocycles. The number of unbranched alkanes of at least 4 members (excludes halogenated alkanes) is 2. The fraction of sp³-hybridized carbons (Fsp3) is 0.825. The van der Waals surface area contributed by atoms with E-state index in [1.165, 1.54) is 4.31 Å². The number of sulfonamides is 1. The van der Waals surface area contributed by atoms with Crippen LogP contribution in [0, 0.1) is 29.1 Å². The highest BCUT2D eigenvalue weighted by molar-refractivity contribution is 7.89. The molecular weight excluding hydrogens is 695 g/mol. The van der Waals surface area contributed by atoms with Gasteiger partial charge in [-0.15, -0.1) is 6.58 Å². The van der Waals surface area contributed by atoms with Crippen LogP contribution in [0.3, 0.4) is 0 Å². The molecule has 4 aliphatic rings. The summed E-state index contributed by atoms with van der Waals surface area (Å²) in [4.78, 5) is 70.9. The van der Waals surface area contributed by atoms with Crippen LogP contribution in [0.4, 0.5) is 4.79 Å². The number of ketones is 2. The number of urea groups is 1. The average molecular weight is 762 g/mol.